The summed E-state index contributed by atoms with van der Waals surface area (Å²) in [6.07, 6.45) is 2.96. The molecule has 1 aromatic heterocycles. The van der Waals surface area contributed by atoms with Gasteiger partial charge < -0.3 is 15.2 Å². The summed E-state index contributed by atoms with van der Waals surface area (Å²) in [5.41, 5.74) is -0.0766. The highest BCUT2D eigenvalue weighted by Gasteiger charge is 2.16. The third kappa shape index (κ3) is 3.30. The lowest BCUT2D eigenvalue weighted by atomic mass is 10.1. The van der Waals surface area contributed by atoms with Crippen molar-refractivity contribution in [2.24, 2.45) is 0 Å². The van der Waals surface area contributed by atoms with E-state index in [2.05, 4.69) is 27.2 Å². The summed E-state index contributed by atoms with van der Waals surface area (Å²) in [5, 5.41) is 3.36. The van der Waals surface area contributed by atoms with Crippen LogP contribution in [-0.4, -0.2) is 41.0 Å². The molecule has 0 unspecified atom stereocenters. The van der Waals surface area contributed by atoms with E-state index >= 15 is 0 Å². The molecule has 5 heteroatoms. The monoisotopic (exact) mass is 236 g/mol. The highest BCUT2D eigenvalue weighted by molar-refractivity contribution is 5.34. The Hall–Kier alpha value is -1.36. The van der Waals surface area contributed by atoms with E-state index in [1.54, 1.807) is 0 Å². The van der Waals surface area contributed by atoms with Gasteiger partial charge in [0, 0.05) is 18.5 Å². The van der Waals surface area contributed by atoms with E-state index < -0.39 is 0 Å². The summed E-state index contributed by atoms with van der Waals surface area (Å²) in [5.74, 6) is 1.45. The maximum atomic E-state index is 11.4. The second-order valence-corrected chi connectivity index (χ2v) is 4.65. The normalized spacial score (nSPS) is 18.2. The summed E-state index contributed by atoms with van der Waals surface area (Å²) in [4.78, 5) is 20.9. The molecule has 0 spiro atoms. The Bertz CT molecular complexity index is 421. The molecule has 94 valence electrons. The Balaban J connectivity index is 2.03. The Kier molecular flexibility index (Phi) is 3.78. The second-order valence-electron chi connectivity index (χ2n) is 4.65. The van der Waals surface area contributed by atoms with Gasteiger partial charge in [-0.25, -0.2) is 4.98 Å². The van der Waals surface area contributed by atoms with Gasteiger partial charge in [0.15, 0.2) is 0 Å². The number of hydrogen-bond donors (Lipinski definition) is 2. The van der Waals surface area contributed by atoms with Gasteiger partial charge in [0.25, 0.3) is 5.56 Å². The summed E-state index contributed by atoms with van der Waals surface area (Å²) < 4.78 is 0. The minimum Gasteiger partial charge on any atom is -0.367 e. The van der Waals surface area contributed by atoms with Crippen LogP contribution in [0, 0.1) is 0 Å². The number of piperidine rings is 1. The van der Waals surface area contributed by atoms with Gasteiger partial charge in [-0.05, 0) is 33.0 Å². The van der Waals surface area contributed by atoms with Gasteiger partial charge in [-0.2, -0.15) is 0 Å². The topological polar surface area (TPSA) is 61.0 Å². The fourth-order valence-electron chi connectivity index (χ4n) is 2.11. The molecular weight excluding hydrogens is 216 g/mol. The quantitative estimate of drug-likeness (QED) is 0.816. The van der Waals surface area contributed by atoms with Gasteiger partial charge in [-0.15, -0.1) is 0 Å². The van der Waals surface area contributed by atoms with Crippen LogP contribution in [0.5, 0.6) is 0 Å². The molecule has 0 atom stereocenters. The van der Waals surface area contributed by atoms with Crippen LogP contribution in [-0.2, 0) is 6.42 Å². The zero-order chi connectivity index (χ0) is 12.3. The molecular formula is C12H20N4O. The zero-order valence-corrected chi connectivity index (χ0v) is 10.5. The molecule has 0 aromatic carbocycles. The predicted molar refractivity (Wildman–Crippen MR) is 68.4 cm³/mol. The van der Waals surface area contributed by atoms with Crippen molar-refractivity contribution in [1.29, 1.82) is 0 Å². The van der Waals surface area contributed by atoms with E-state index in [1.165, 1.54) is 6.07 Å². The number of aromatic nitrogens is 2. The Morgan fingerprint density at radius 2 is 2.24 bits per heavy atom. The molecule has 2 N–H and O–H groups in total. The SMILES string of the molecule is CCc1nc(NC2CCN(C)CC2)cc(=O)[nH]1. The van der Waals surface area contributed by atoms with E-state index in [0.29, 0.717) is 11.9 Å². The fourth-order valence-corrected chi connectivity index (χ4v) is 2.11. The third-order valence-corrected chi connectivity index (χ3v) is 3.20. The molecule has 0 aliphatic carbocycles. The van der Waals surface area contributed by atoms with E-state index in [1.807, 2.05) is 6.92 Å². The van der Waals surface area contributed by atoms with Gasteiger partial charge in [0.2, 0.25) is 0 Å². The smallest absolute Gasteiger partial charge is 0.252 e. The van der Waals surface area contributed by atoms with Crippen molar-refractivity contribution in [2.75, 3.05) is 25.5 Å². The van der Waals surface area contributed by atoms with Gasteiger partial charge in [0.1, 0.15) is 11.6 Å². The van der Waals surface area contributed by atoms with Crippen LogP contribution in [0.3, 0.4) is 0 Å². The van der Waals surface area contributed by atoms with Crippen LogP contribution >= 0.6 is 0 Å². The molecule has 1 aliphatic rings. The number of nitrogens with zero attached hydrogens (tertiary/aromatic N) is 2. The average molecular weight is 236 g/mol. The molecule has 1 saturated heterocycles. The summed E-state index contributed by atoms with van der Waals surface area (Å²) in [6, 6.07) is 1.97. The van der Waals surface area contributed by atoms with Gasteiger partial charge in [0.05, 0.1) is 0 Å². The molecule has 5 nitrogen and oxygen atoms in total. The lowest BCUT2D eigenvalue weighted by Crippen LogP contribution is -2.37. The summed E-state index contributed by atoms with van der Waals surface area (Å²) in [7, 11) is 2.14. The lowest BCUT2D eigenvalue weighted by Gasteiger charge is -2.29. The van der Waals surface area contributed by atoms with E-state index in [9.17, 15) is 4.79 Å². The predicted octanol–water partition coefficient (Wildman–Crippen LogP) is 0.838. The fraction of sp³-hybridized carbons (Fsp3) is 0.667. The first-order valence-corrected chi connectivity index (χ1v) is 6.22. The van der Waals surface area contributed by atoms with Crippen LogP contribution in [0.2, 0.25) is 0 Å². The maximum Gasteiger partial charge on any atom is 0.252 e. The van der Waals surface area contributed by atoms with Gasteiger partial charge in [-0.1, -0.05) is 6.92 Å². The number of nitrogens with one attached hydrogen (secondary N) is 2. The van der Waals surface area contributed by atoms with Crippen LogP contribution in [0.25, 0.3) is 0 Å². The first-order valence-electron chi connectivity index (χ1n) is 6.22. The van der Waals surface area contributed by atoms with Crippen LogP contribution in [0.4, 0.5) is 5.82 Å². The van der Waals surface area contributed by atoms with Crippen molar-refractivity contribution in [3.63, 3.8) is 0 Å². The Morgan fingerprint density at radius 3 is 2.88 bits per heavy atom. The third-order valence-electron chi connectivity index (χ3n) is 3.20. The van der Waals surface area contributed by atoms with E-state index in [0.717, 1.165) is 38.2 Å². The standard InChI is InChI=1S/C12H20N4O/c1-3-10-14-11(8-12(17)15-10)13-9-4-6-16(2)7-5-9/h8-9H,3-7H2,1-2H3,(H2,13,14,15,17). The Labute approximate surface area is 101 Å². The highest BCUT2D eigenvalue weighted by atomic mass is 16.1. The second kappa shape index (κ2) is 5.31. The van der Waals surface area contributed by atoms with Crippen molar-refractivity contribution in [3.8, 4) is 0 Å². The number of aryl methyl sites for hydroxylation is 1. The molecule has 0 radical (unpaired) electrons. The van der Waals surface area contributed by atoms with Crippen molar-refractivity contribution in [1.82, 2.24) is 14.9 Å². The first-order chi connectivity index (χ1) is 8.17. The molecule has 1 aliphatic heterocycles. The lowest BCUT2D eigenvalue weighted by molar-refractivity contribution is 0.263. The maximum absolute atomic E-state index is 11.4. The molecule has 1 aromatic rings. The van der Waals surface area contributed by atoms with Crippen molar-refractivity contribution in [2.45, 2.75) is 32.2 Å². The van der Waals surface area contributed by atoms with Crippen molar-refractivity contribution < 1.29 is 0 Å². The van der Waals surface area contributed by atoms with Crippen LogP contribution in [0.1, 0.15) is 25.6 Å². The minimum atomic E-state index is -0.0766. The number of aromatic amines is 1. The van der Waals surface area contributed by atoms with Crippen molar-refractivity contribution >= 4 is 5.82 Å². The number of rotatable bonds is 3. The zero-order valence-electron chi connectivity index (χ0n) is 10.5. The van der Waals surface area contributed by atoms with E-state index in [4.69, 9.17) is 0 Å². The molecule has 0 saturated carbocycles. The number of anilines is 1. The number of H-pyrrole nitrogens is 1. The van der Waals surface area contributed by atoms with Crippen LogP contribution < -0.4 is 10.9 Å². The number of likely N-dealkylation sites (tertiary alicyclic amines) is 1. The highest BCUT2D eigenvalue weighted by Crippen LogP contribution is 2.13. The molecule has 2 rings (SSSR count). The van der Waals surface area contributed by atoms with Crippen molar-refractivity contribution in [3.05, 3.63) is 22.2 Å². The average Bonchev–Trinajstić information content (AvgIpc) is 2.31. The number of hydrogen-bond acceptors (Lipinski definition) is 4. The van der Waals surface area contributed by atoms with Gasteiger partial charge >= 0.3 is 0 Å². The summed E-state index contributed by atoms with van der Waals surface area (Å²) in [6.45, 7) is 4.18. The first kappa shape index (κ1) is 12.1. The van der Waals surface area contributed by atoms with Crippen LogP contribution in [0.15, 0.2) is 10.9 Å². The molecule has 2 heterocycles. The molecule has 0 bridgehead atoms. The summed E-state index contributed by atoms with van der Waals surface area (Å²) >= 11 is 0. The molecule has 17 heavy (non-hydrogen) atoms. The molecule has 1 fully saturated rings. The molecule has 0 amide bonds. The largest absolute Gasteiger partial charge is 0.367 e. The van der Waals surface area contributed by atoms with E-state index in [-0.39, 0.29) is 5.56 Å². The minimum absolute atomic E-state index is 0.0766. The van der Waals surface area contributed by atoms with Gasteiger partial charge in [-0.3, -0.25) is 4.79 Å². The Morgan fingerprint density at radius 1 is 1.53 bits per heavy atom.